The first-order valence-electron chi connectivity index (χ1n) is 7.15. The number of urea groups is 1. The molecular weight excluding hydrogens is 298 g/mol. The number of rotatable bonds is 4. The monoisotopic (exact) mass is 319 g/mol. The van der Waals surface area contributed by atoms with Crippen LogP contribution < -0.4 is 15.4 Å². The molecule has 2 aromatic rings. The summed E-state index contributed by atoms with van der Waals surface area (Å²) < 4.78 is 5.42. The van der Waals surface area contributed by atoms with Crippen molar-refractivity contribution in [1.82, 2.24) is 10.3 Å². The maximum atomic E-state index is 11.8. The zero-order chi connectivity index (χ0) is 16.2. The summed E-state index contributed by atoms with van der Waals surface area (Å²) >= 11 is 1.40. The van der Waals surface area contributed by atoms with Gasteiger partial charge in [0.1, 0.15) is 5.75 Å². The van der Waals surface area contributed by atoms with Gasteiger partial charge in [0.05, 0.1) is 12.3 Å². The van der Waals surface area contributed by atoms with Crippen LogP contribution in [0.1, 0.15) is 27.7 Å². The lowest BCUT2D eigenvalue weighted by Gasteiger charge is -2.20. The van der Waals surface area contributed by atoms with Crippen LogP contribution in [0.2, 0.25) is 0 Å². The Labute approximate surface area is 134 Å². The number of anilines is 1. The molecule has 1 aromatic heterocycles. The molecule has 0 spiro atoms. The van der Waals surface area contributed by atoms with E-state index in [-0.39, 0.29) is 11.6 Å². The van der Waals surface area contributed by atoms with Gasteiger partial charge in [-0.1, -0.05) is 0 Å². The summed E-state index contributed by atoms with van der Waals surface area (Å²) in [4.78, 5) is 16.3. The third-order valence-corrected chi connectivity index (χ3v) is 3.43. The first kappa shape index (κ1) is 16.3. The summed E-state index contributed by atoms with van der Waals surface area (Å²) in [5.74, 6) is 0.837. The molecule has 22 heavy (non-hydrogen) atoms. The van der Waals surface area contributed by atoms with Gasteiger partial charge in [-0.05, 0) is 52.0 Å². The molecule has 0 atom stereocenters. The molecule has 118 valence electrons. The zero-order valence-electron chi connectivity index (χ0n) is 13.3. The maximum Gasteiger partial charge on any atom is 0.321 e. The molecule has 6 heteroatoms. The molecular formula is C16H21N3O2S. The van der Waals surface area contributed by atoms with Crippen molar-refractivity contribution in [2.24, 2.45) is 0 Å². The lowest BCUT2D eigenvalue weighted by molar-refractivity contribution is 0.244. The van der Waals surface area contributed by atoms with E-state index in [9.17, 15) is 4.79 Å². The molecule has 0 bridgehead atoms. The number of aromatic nitrogens is 1. The van der Waals surface area contributed by atoms with Crippen LogP contribution in [0.15, 0.2) is 29.6 Å². The highest BCUT2D eigenvalue weighted by atomic mass is 32.1. The van der Waals surface area contributed by atoms with Crippen molar-refractivity contribution in [3.63, 3.8) is 0 Å². The number of ether oxygens (including phenoxy) is 1. The highest BCUT2D eigenvalue weighted by Crippen LogP contribution is 2.26. The molecule has 0 aliphatic rings. The van der Waals surface area contributed by atoms with Gasteiger partial charge in [-0.25, -0.2) is 9.78 Å². The van der Waals surface area contributed by atoms with E-state index < -0.39 is 0 Å². The topological polar surface area (TPSA) is 63.2 Å². The van der Waals surface area contributed by atoms with Crippen LogP contribution in [0.5, 0.6) is 5.75 Å². The summed E-state index contributed by atoms with van der Waals surface area (Å²) in [6.07, 6.45) is 0. The second kappa shape index (κ2) is 6.79. The minimum atomic E-state index is -0.278. The Kier molecular flexibility index (Phi) is 5.03. The summed E-state index contributed by atoms with van der Waals surface area (Å²) in [6.45, 7) is 8.39. The number of nitrogens with zero attached hydrogens (tertiary/aromatic N) is 1. The van der Waals surface area contributed by atoms with E-state index in [0.29, 0.717) is 11.7 Å². The van der Waals surface area contributed by atoms with Crippen LogP contribution in [-0.2, 0) is 0 Å². The molecule has 0 saturated heterocycles. The number of carbonyl (C=O) groups is 1. The fourth-order valence-corrected chi connectivity index (χ4v) is 2.54. The minimum Gasteiger partial charge on any atom is -0.494 e. The van der Waals surface area contributed by atoms with Crippen molar-refractivity contribution in [3.8, 4) is 17.0 Å². The molecule has 1 heterocycles. The molecule has 0 aliphatic heterocycles. The molecule has 0 radical (unpaired) electrons. The van der Waals surface area contributed by atoms with Gasteiger partial charge in [0.25, 0.3) is 0 Å². The van der Waals surface area contributed by atoms with Gasteiger partial charge in [-0.3, -0.25) is 5.32 Å². The van der Waals surface area contributed by atoms with Crippen LogP contribution >= 0.6 is 11.3 Å². The van der Waals surface area contributed by atoms with E-state index in [1.807, 2.05) is 57.3 Å². The molecule has 0 aliphatic carbocycles. The zero-order valence-corrected chi connectivity index (χ0v) is 14.1. The van der Waals surface area contributed by atoms with Gasteiger partial charge in [-0.15, -0.1) is 11.3 Å². The average Bonchev–Trinajstić information content (AvgIpc) is 2.86. The third kappa shape index (κ3) is 4.73. The number of amides is 2. The summed E-state index contributed by atoms with van der Waals surface area (Å²) in [6, 6.07) is 7.49. The standard InChI is InChI=1S/C16H21N3O2S/c1-5-21-12-8-6-11(7-9-12)13-10-22-15(17-13)18-14(20)19-16(2,3)4/h6-10H,5H2,1-4H3,(H2,17,18,19,20). The van der Waals surface area contributed by atoms with Crippen molar-refractivity contribution in [2.45, 2.75) is 33.2 Å². The van der Waals surface area contributed by atoms with E-state index >= 15 is 0 Å². The van der Waals surface area contributed by atoms with Crippen LogP contribution in [0.3, 0.4) is 0 Å². The second-order valence-corrected chi connectivity index (χ2v) is 6.68. The summed E-state index contributed by atoms with van der Waals surface area (Å²) in [5.41, 5.74) is 1.54. The lowest BCUT2D eigenvalue weighted by Crippen LogP contribution is -2.43. The molecule has 0 saturated carbocycles. The number of carbonyl (C=O) groups excluding carboxylic acids is 1. The predicted molar refractivity (Wildman–Crippen MR) is 90.6 cm³/mol. The largest absolute Gasteiger partial charge is 0.494 e. The highest BCUT2D eigenvalue weighted by molar-refractivity contribution is 7.14. The molecule has 0 fully saturated rings. The first-order valence-corrected chi connectivity index (χ1v) is 8.03. The maximum absolute atomic E-state index is 11.8. The van der Waals surface area contributed by atoms with Crippen molar-refractivity contribution in [1.29, 1.82) is 0 Å². The minimum absolute atomic E-state index is 0.250. The van der Waals surface area contributed by atoms with E-state index in [1.165, 1.54) is 11.3 Å². The van der Waals surface area contributed by atoms with Crippen LogP contribution in [-0.4, -0.2) is 23.2 Å². The van der Waals surface area contributed by atoms with E-state index in [2.05, 4.69) is 15.6 Å². The number of benzene rings is 1. The van der Waals surface area contributed by atoms with Crippen LogP contribution in [0.4, 0.5) is 9.93 Å². The Morgan fingerprint density at radius 2 is 1.95 bits per heavy atom. The highest BCUT2D eigenvalue weighted by Gasteiger charge is 2.15. The molecule has 2 amide bonds. The first-order chi connectivity index (χ1) is 10.4. The molecule has 5 nitrogen and oxygen atoms in total. The van der Waals surface area contributed by atoms with Crippen molar-refractivity contribution < 1.29 is 9.53 Å². The molecule has 2 N–H and O–H groups in total. The molecule has 1 aromatic carbocycles. The number of hydrogen-bond donors (Lipinski definition) is 2. The average molecular weight is 319 g/mol. The molecule has 2 rings (SSSR count). The van der Waals surface area contributed by atoms with Gasteiger partial charge >= 0.3 is 6.03 Å². The van der Waals surface area contributed by atoms with Gasteiger partial charge in [-0.2, -0.15) is 0 Å². The normalized spacial score (nSPS) is 11.1. The number of nitrogens with one attached hydrogen (secondary N) is 2. The van der Waals surface area contributed by atoms with Gasteiger partial charge < -0.3 is 10.1 Å². The fourth-order valence-electron chi connectivity index (χ4n) is 1.82. The Morgan fingerprint density at radius 3 is 2.55 bits per heavy atom. The summed E-state index contributed by atoms with van der Waals surface area (Å²) in [5, 5.41) is 8.08. The Bertz CT molecular complexity index is 630. The van der Waals surface area contributed by atoms with Gasteiger partial charge in [0.15, 0.2) is 5.13 Å². The number of hydrogen-bond acceptors (Lipinski definition) is 4. The van der Waals surface area contributed by atoms with E-state index in [0.717, 1.165) is 17.0 Å². The second-order valence-electron chi connectivity index (χ2n) is 5.82. The van der Waals surface area contributed by atoms with Crippen molar-refractivity contribution in [2.75, 3.05) is 11.9 Å². The van der Waals surface area contributed by atoms with Crippen molar-refractivity contribution >= 4 is 22.5 Å². The lowest BCUT2D eigenvalue weighted by atomic mass is 10.1. The van der Waals surface area contributed by atoms with Crippen LogP contribution in [0, 0.1) is 0 Å². The predicted octanol–water partition coefficient (Wildman–Crippen LogP) is 4.13. The Balaban J connectivity index is 2.03. The Morgan fingerprint density at radius 1 is 1.27 bits per heavy atom. The fraction of sp³-hybridized carbons (Fsp3) is 0.375. The summed E-state index contributed by atoms with van der Waals surface area (Å²) in [7, 11) is 0. The molecule has 0 unspecified atom stereocenters. The van der Waals surface area contributed by atoms with E-state index in [1.54, 1.807) is 0 Å². The third-order valence-electron chi connectivity index (χ3n) is 2.67. The SMILES string of the molecule is CCOc1ccc(-c2csc(NC(=O)NC(C)(C)C)n2)cc1. The quantitative estimate of drug-likeness (QED) is 0.890. The smallest absolute Gasteiger partial charge is 0.321 e. The van der Waals surface area contributed by atoms with Crippen molar-refractivity contribution in [3.05, 3.63) is 29.6 Å². The van der Waals surface area contributed by atoms with Crippen LogP contribution in [0.25, 0.3) is 11.3 Å². The van der Waals surface area contributed by atoms with Gasteiger partial charge in [0.2, 0.25) is 0 Å². The Hall–Kier alpha value is -2.08. The van der Waals surface area contributed by atoms with E-state index in [4.69, 9.17) is 4.74 Å². The number of thiazole rings is 1. The van der Waals surface area contributed by atoms with Gasteiger partial charge in [0, 0.05) is 16.5 Å².